The molecule has 0 radical (unpaired) electrons. The highest BCUT2D eigenvalue weighted by Crippen LogP contribution is 2.35. The van der Waals surface area contributed by atoms with Crippen LogP contribution < -0.4 is 20.3 Å². The summed E-state index contributed by atoms with van der Waals surface area (Å²) in [6.45, 7) is 2.30. The molecule has 2 atom stereocenters. The molecule has 0 aromatic heterocycles. The molecule has 2 aromatic rings. The molecule has 1 saturated heterocycles. The SMILES string of the molecule is CC(=O)NC(c1cccc(/C=C/C(=O)NOC2CCCCO2)c1)c1ccc2c(c1)OCO2. The first kappa shape index (κ1) is 21.9. The van der Waals surface area contributed by atoms with E-state index in [9.17, 15) is 9.59 Å². The first-order chi connectivity index (χ1) is 15.6. The number of hydroxylamine groups is 1. The highest BCUT2D eigenvalue weighted by molar-refractivity contribution is 5.91. The lowest BCUT2D eigenvalue weighted by Gasteiger charge is -2.21. The van der Waals surface area contributed by atoms with Gasteiger partial charge in [0.2, 0.25) is 12.7 Å². The summed E-state index contributed by atoms with van der Waals surface area (Å²) >= 11 is 0. The maximum absolute atomic E-state index is 12.1. The van der Waals surface area contributed by atoms with E-state index in [0.29, 0.717) is 18.1 Å². The van der Waals surface area contributed by atoms with Crippen molar-refractivity contribution in [1.82, 2.24) is 10.8 Å². The van der Waals surface area contributed by atoms with E-state index in [0.717, 1.165) is 36.0 Å². The third-order valence-electron chi connectivity index (χ3n) is 5.18. The molecule has 0 bridgehead atoms. The zero-order valence-electron chi connectivity index (χ0n) is 17.8. The van der Waals surface area contributed by atoms with Gasteiger partial charge in [-0.1, -0.05) is 24.3 Å². The second-order valence-corrected chi connectivity index (χ2v) is 7.63. The Morgan fingerprint density at radius 2 is 1.94 bits per heavy atom. The number of nitrogens with one attached hydrogen (secondary N) is 2. The molecule has 0 aliphatic carbocycles. The minimum absolute atomic E-state index is 0.157. The average Bonchev–Trinajstić information content (AvgIpc) is 3.28. The Labute approximate surface area is 186 Å². The molecule has 2 aliphatic rings. The molecule has 2 amide bonds. The van der Waals surface area contributed by atoms with E-state index in [1.54, 1.807) is 6.08 Å². The Bertz CT molecular complexity index is 1000. The van der Waals surface area contributed by atoms with Crippen molar-refractivity contribution in [2.75, 3.05) is 13.4 Å². The summed E-state index contributed by atoms with van der Waals surface area (Å²) in [5.41, 5.74) is 4.94. The van der Waals surface area contributed by atoms with E-state index < -0.39 is 6.29 Å². The average molecular weight is 438 g/mol. The number of rotatable bonds is 7. The molecule has 168 valence electrons. The molecular formula is C24H26N2O6. The van der Waals surface area contributed by atoms with Gasteiger partial charge >= 0.3 is 0 Å². The van der Waals surface area contributed by atoms with Crippen molar-refractivity contribution in [3.8, 4) is 11.5 Å². The standard InChI is InChI=1S/C24H26N2O6/c1-16(27)25-24(19-9-10-20-21(14-19)31-15-30-20)18-6-4-5-17(13-18)8-11-22(28)26-32-23-7-2-3-12-29-23/h4-6,8-11,13-14,23-24H,2-3,7,12,15H2,1H3,(H,25,27)(H,26,28)/b11-8+. The number of amides is 2. The maximum atomic E-state index is 12.1. The number of fused-ring (bicyclic) bond motifs is 1. The van der Waals surface area contributed by atoms with Crippen LogP contribution in [0.15, 0.2) is 48.5 Å². The quantitative estimate of drug-likeness (QED) is 0.509. The van der Waals surface area contributed by atoms with Gasteiger partial charge in [0.1, 0.15) is 0 Å². The molecule has 32 heavy (non-hydrogen) atoms. The van der Waals surface area contributed by atoms with Gasteiger partial charge in [-0.15, -0.1) is 0 Å². The predicted octanol–water partition coefficient (Wildman–Crippen LogP) is 3.23. The molecule has 2 heterocycles. The third kappa shape index (κ3) is 5.66. The van der Waals surface area contributed by atoms with Crippen LogP contribution >= 0.6 is 0 Å². The summed E-state index contributed by atoms with van der Waals surface area (Å²) in [7, 11) is 0. The van der Waals surface area contributed by atoms with E-state index in [2.05, 4.69) is 10.8 Å². The summed E-state index contributed by atoms with van der Waals surface area (Å²) in [5.74, 6) is 0.792. The normalized spacial score (nSPS) is 18.3. The van der Waals surface area contributed by atoms with E-state index in [1.807, 2.05) is 42.5 Å². The molecule has 0 saturated carbocycles. The smallest absolute Gasteiger partial charge is 0.267 e. The Kier molecular flexibility index (Phi) is 7.03. The Morgan fingerprint density at radius 1 is 1.09 bits per heavy atom. The molecule has 2 N–H and O–H groups in total. The van der Waals surface area contributed by atoms with Gasteiger partial charge in [-0.25, -0.2) is 10.3 Å². The van der Waals surface area contributed by atoms with Crippen LogP contribution in [0.2, 0.25) is 0 Å². The highest BCUT2D eigenvalue weighted by atomic mass is 16.8. The molecule has 4 rings (SSSR count). The Balaban J connectivity index is 1.46. The molecule has 1 fully saturated rings. The summed E-state index contributed by atoms with van der Waals surface area (Å²) in [5, 5.41) is 2.98. The molecule has 2 aliphatic heterocycles. The van der Waals surface area contributed by atoms with Crippen LogP contribution in [0.1, 0.15) is 48.9 Å². The topological polar surface area (TPSA) is 95.1 Å². The second kappa shape index (κ2) is 10.3. The first-order valence-electron chi connectivity index (χ1n) is 10.6. The lowest BCUT2D eigenvalue weighted by Crippen LogP contribution is -2.32. The van der Waals surface area contributed by atoms with Crippen LogP contribution in [-0.2, 0) is 19.2 Å². The fraction of sp³-hybridized carbons (Fsp3) is 0.333. The van der Waals surface area contributed by atoms with Crippen LogP contribution in [0.5, 0.6) is 11.5 Å². The summed E-state index contributed by atoms with van der Waals surface area (Å²) < 4.78 is 16.3. The zero-order chi connectivity index (χ0) is 22.3. The van der Waals surface area contributed by atoms with Gasteiger partial charge in [0, 0.05) is 26.0 Å². The largest absolute Gasteiger partial charge is 0.454 e. The van der Waals surface area contributed by atoms with Crippen LogP contribution in [0.25, 0.3) is 6.08 Å². The fourth-order valence-corrected chi connectivity index (χ4v) is 3.63. The van der Waals surface area contributed by atoms with Crippen molar-refractivity contribution in [2.24, 2.45) is 0 Å². The van der Waals surface area contributed by atoms with Gasteiger partial charge < -0.3 is 19.5 Å². The lowest BCUT2D eigenvalue weighted by atomic mass is 9.96. The van der Waals surface area contributed by atoms with Crippen molar-refractivity contribution in [3.05, 3.63) is 65.2 Å². The van der Waals surface area contributed by atoms with Crippen LogP contribution in [0.4, 0.5) is 0 Å². The summed E-state index contributed by atoms with van der Waals surface area (Å²) in [4.78, 5) is 29.3. The van der Waals surface area contributed by atoms with Gasteiger partial charge in [-0.2, -0.15) is 0 Å². The predicted molar refractivity (Wildman–Crippen MR) is 117 cm³/mol. The number of hydrogen-bond donors (Lipinski definition) is 2. The summed E-state index contributed by atoms with van der Waals surface area (Å²) in [6, 6.07) is 12.8. The molecule has 2 aromatic carbocycles. The number of ether oxygens (including phenoxy) is 3. The van der Waals surface area contributed by atoms with Crippen LogP contribution in [0, 0.1) is 0 Å². The van der Waals surface area contributed by atoms with E-state index >= 15 is 0 Å². The third-order valence-corrected chi connectivity index (χ3v) is 5.18. The minimum atomic E-state index is -0.399. The van der Waals surface area contributed by atoms with Gasteiger partial charge in [0.25, 0.3) is 5.91 Å². The first-order valence-corrected chi connectivity index (χ1v) is 10.6. The van der Waals surface area contributed by atoms with E-state index in [-0.39, 0.29) is 24.6 Å². The van der Waals surface area contributed by atoms with Crippen molar-refractivity contribution < 1.29 is 28.6 Å². The van der Waals surface area contributed by atoms with Crippen molar-refractivity contribution in [3.63, 3.8) is 0 Å². The van der Waals surface area contributed by atoms with Crippen LogP contribution in [0.3, 0.4) is 0 Å². The van der Waals surface area contributed by atoms with Gasteiger partial charge in [0.15, 0.2) is 17.8 Å². The Morgan fingerprint density at radius 3 is 2.75 bits per heavy atom. The van der Waals surface area contributed by atoms with E-state index in [1.165, 1.54) is 13.0 Å². The highest BCUT2D eigenvalue weighted by Gasteiger charge is 2.20. The molecular weight excluding hydrogens is 412 g/mol. The number of hydrogen-bond acceptors (Lipinski definition) is 6. The van der Waals surface area contributed by atoms with Crippen molar-refractivity contribution >= 4 is 17.9 Å². The van der Waals surface area contributed by atoms with Gasteiger partial charge in [0.05, 0.1) is 6.04 Å². The minimum Gasteiger partial charge on any atom is -0.454 e. The van der Waals surface area contributed by atoms with Gasteiger partial charge in [-0.05, 0) is 53.8 Å². The van der Waals surface area contributed by atoms with Crippen molar-refractivity contribution in [1.29, 1.82) is 0 Å². The maximum Gasteiger partial charge on any atom is 0.267 e. The molecule has 8 heteroatoms. The van der Waals surface area contributed by atoms with Gasteiger partial charge in [-0.3, -0.25) is 9.59 Å². The molecule has 0 spiro atoms. The molecule has 2 unspecified atom stereocenters. The van der Waals surface area contributed by atoms with Crippen molar-refractivity contribution in [2.45, 2.75) is 38.5 Å². The molecule has 8 nitrogen and oxygen atoms in total. The van der Waals surface area contributed by atoms with Crippen LogP contribution in [-0.4, -0.2) is 31.5 Å². The number of carbonyl (C=O) groups excluding carboxylic acids is 2. The summed E-state index contributed by atoms with van der Waals surface area (Å²) in [6.07, 6.45) is 5.47. The zero-order valence-corrected chi connectivity index (χ0v) is 17.8. The fourth-order valence-electron chi connectivity index (χ4n) is 3.63. The Hall–Kier alpha value is -3.36. The number of benzene rings is 2. The number of carbonyl (C=O) groups is 2. The lowest BCUT2D eigenvalue weighted by molar-refractivity contribution is -0.198. The monoisotopic (exact) mass is 438 g/mol. The van der Waals surface area contributed by atoms with E-state index in [4.69, 9.17) is 19.0 Å². The second-order valence-electron chi connectivity index (χ2n) is 7.63.